The number of carbonyl (C=O) groups is 1. The molecule has 0 radical (unpaired) electrons. The number of hydrogen-bond acceptors (Lipinski definition) is 3. The molecule has 98 valence electrons. The average molecular weight is 232 g/mol. The van der Waals surface area contributed by atoms with E-state index in [4.69, 9.17) is 4.74 Å². The van der Waals surface area contributed by atoms with E-state index in [0.29, 0.717) is 0 Å². The van der Waals surface area contributed by atoms with Gasteiger partial charge < -0.3 is 15.8 Å². The minimum absolute atomic E-state index is 0.199. The third-order valence-corrected chi connectivity index (χ3v) is 1.75. The quantitative estimate of drug-likeness (QED) is 0.783. The highest BCUT2D eigenvalue weighted by molar-refractivity contribution is 5.67. The van der Waals surface area contributed by atoms with Gasteiger partial charge >= 0.3 is 6.09 Å². The number of ether oxygens (including phenoxy) is 1. The van der Waals surface area contributed by atoms with Gasteiger partial charge in [-0.15, -0.1) is 0 Å². The van der Waals surface area contributed by atoms with Gasteiger partial charge in [0.1, 0.15) is 5.60 Å². The van der Waals surface area contributed by atoms with Crippen LogP contribution in [0.25, 0.3) is 0 Å². The predicted molar refractivity (Wildman–Crippen MR) is 68.5 cm³/mol. The molecule has 4 heteroatoms. The van der Waals surface area contributed by atoms with Crippen LogP contribution >= 0.6 is 0 Å². The summed E-state index contributed by atoms with van der Waals surface area (Å²) in [6.45, 7) is 9.73. The van der Waals surface area contributed by atoms with Crippen molar-refractivity contribution in [1.82, 2.24) is 5.32 Å². The van der Waals surface area contributed by atoms with E-state index in [-0.39, 0.29) is 12.1 Å². The summed E-state index contributed by atoms with van der Waals surface area (Å²) in [4.78, 5) is 11.3. The number of rotatable bonds is 4. The summed E-state index contributed by atoms with van der Waals surface area (Å²) in [5.74, 6) is 0. The fourth-order valence-corrected chi connectivity index (χ4v) is 1.09. The van der Waals surface area contributed by atoms with Crippen molar-refractivity contribution in [2.75, 3.05) is 7.05 Å². The van der Waals surface area contributed by atoms with E-state index in [2.05, 4.69) is 18.0 Å². The summed E-state index contributed by atoms with van der Waals surface area (Å²) in [5.41, 5.74) is 4.09. The third-order valence-electron chi connectivity index (χ3n) is 1.75. The molecule has 0 saturated carbocycles. The van der Waals surface area contributed by atoms with Gasteiger partial charge in [-0.05, 0) is 41.2 Å². The minimum Gasteiger partial charge on any atom is -0.444 e. The van der Waals surface area contributed by atoms with E-state index in [1.807, 2.05) is 27.7 Å². The number of unbranched alkanes of at least 4 members (excludes halogenated alkanes) is 1. The first-order chi connectivity index (χ1) is 7.35. The lowest BCUT2D eigenvalue weighted by atomic mass is 10.1. The second-order valence-corrected chi connectivity index (χ2v) is 4.69. The molecule has 4 nitrogen and oxygen atoms in total. The van der Waals surface area contributed by atoms with Crippen LogP contribution in [-0.2, 0) is 4.74 Å². The fraction of sp³-hybridized carbons (Fsp3) is 0.917. The number of hydrogen-bond donors (Lipinski definition) is 2. The zero-order valence-electron chi connectivity index (χ0n) is 11.6. The SMILES string of the molecule is CCCCC(C)NC(=O)OC(C)(C)C.CN. The van der Waals surface area contributed by atoms with Crippen LogP contribution in [0.5, 0.6) is 0 Å². The second kappa shape index (κ2) is 9.46. The van der Waals surface area contributed by atoms with Gasteiger partial charge in [0.2, 0.25) is 0 Å². The smallest absolute Gasteiger partial charge is 0.407 e. The fourth-order valence-electron chi connectivity index (χ4n) is 1.09. The van der Waals surface area contributed by atoms with Crippen molar-refractivity contribution in [3.05, 3.63) is 0 Å². The van der Waals surface area contributed by atoms with Crippen LogP contribution in [-0.4, -0.2) is 24.8 Å². The summed E-state index contributed by atoms with van der Waals surface area (Å²) in [6.07, 6.45) is 2.98. The number of alkyl carbamates (subject to hydrolysis) is 1. The standard InChI is InChI=1S/C11H23NO2.CH5N/c1-6-7-8-9(2)12-10(13)14-11(3,4)5;1-2/h9H,6-8H2,1-5H3,(H,12,13);2H2,1H3. The Labute approximate surface area is 99.9 Å². The molecule has 0 bridgehead atoms. The monoisotopic (exact) mass is 232 g/mol. The Morgan fingerprint density at radius 3 is 2.25 bits per heavy atom. The van der Waals surface area contributed by atoms with Crippen LogP contribution in [0.4, 0.5) is 4.79 Å². The first-order valence-electron chi connectivity index (χ1n) is 5.92. The molecule has 0 aliphatic carbocycles. The van der Waals surface area contributed by atoms with Gasteiger partial charge in [-0.25, -0.2) is 4.79 Å². The van der Waals surface area contributed by atoms with Crippen molar-refractivity contribution in [2.45, 2.75) is 65.5 Å². The summed E-state index contributed by atoms with van der Waals surface area (Å²) >= 11 is 0. The minimum atomic E-state index is -0.408. The Morgan fingerprint density at radius 1 is 1.38 bits per heavy atom. The summed E-state index contributed by atoms with van der Waals surface area (Å²) < 4.78 is 5.14. The van der Waals surface area contributed by atoms with Crippen LogP contribution in [0.2, 0.25) is 0 Å². The Morgan fingerprint density at radius 2 is 1.88 bits per heavy atom. The number of carbonyl (C=O) groups excluding carboxylic acids is 1. The van der Waals surface area contributed by atoms with Crippen molar-refractivity contribution in [3.8, 4) is 0 Å². The normalized spacial score (nSPS) is 12.2. The van der Waals surface area contributed by atoms with Gasteiger partial charge in [-0.3, -0.25) is 0 Å². The molecule has 0 heterocycles. The molecule has 1 atom stereocenters. The number of nitrogens with one attached hydrogen (secondary N) is 1. The average Bonchev–Trinajstić information content (AvgIpc) is 2.14. The molecule has 0 spiro atoms. The Hall–Kier alpha value is -0.770. The first kappa shape index (κ1) is 17.6. The molecule has 0 aromatic heterocycles. The summed E-state index contributed by atoms with van der Waals surface area (Å²) in [6, 6.07) is 0.199. The zero-order chi connectivity index (χ0) is 13.2. The van der Waals surface area contributed by atoms with Crippen molar-refractivity contribution < 1.29 is 9.53 Å². The first-order valence-corrected chi connectivity index (χ1v) is 5.92. The van der Waals surface area contributed by atoms with Crippen molar-refractivity contribution in [2.24, 2.45) is 5.73 Å². The highest BCUT2D eigenvalue weighted by atomic mass is 16.6. The highest BCUT2D eigenvalue weighted by Gasteiger charge is 2.17. The molecule has 0 aromatic carbocycles. The summed E-state index contributed by atoms with van der Waals surface area (Å²) in [7, 11) is 1.50. The maximum absolute atomic E-state index is 11.3. The molecule has 0 aliphatic rings. The second-order valence-electron chi connectivity index (χ2n) is 4.69. The lowest BCUT2D eigenvalue weighted by Crippen LogP contribution is -2.37. The van der Waals surface area contributed by atoms with Crippen molar-refractivity contribution in [1.29, 1.82) is 0 Å². The van der Waals surface area contributed by atoms with E-state index >= 15 is 0 Å². The van der Waals surface area contributed by atoms with Crippen molar-refractivity contribution in [3.63, 3.8) is 0 Å². The highest BCUT2D eigenvalue weighted by Crippen LogP contribution is 2.07. The van der Waals surface area contributed by atoms with Gasteiger partial charge in [-0.1, -0.05) is 19.8 Å². The topological polar surface area (TPSA) is 64.3 Å². The van der Waals surface area contributed by atoms with Crippen molar-refractivity contribution >= 4 is 6.09 Å². The van der Waals surface area contributed by atoms with Crippen LogP contribution < -0.4 is 11.1 Å². The third kappa shape index (κ3) is 13.2. The Kier molecular flexibility index (Phi) is 10.4. The molecule has 16 heavy (non-hydrogen) atoms. The predicted octanol–water partition coefficient (Wildman–Crippen LogP) is 2.66. The maximum atomic E-state index is 11.3. The van der Waals surface area contributed by atoms with E-state index in [9.17, 15) is 4.79 Å². The maximum Gasteiger partial charge on any atom is 0.407 e. The summed E-state index contributed by atoms with van der Waals surface area (Å²) in [5, 5.41) is 2.81. The molecule has 3 N–H and O–H groups in total. The van der Waals surface area contributed by atoms with E-state index in [1.54, 1.807) is 0 Å². The van der Waals surface area contributed by atoms with Gasteiger partial charge in [0, 0.05) is 6.04 Å². The molecule has 0 rings (SSSR count). The lowest BCUT2D eigenvalue weighted by molar-refractivity contribution is 0.0506. The zero-order valence-corrected chi connectivity index (χ0v) is 11.6. The van der Waals surface area contributed by atoms with Gasteiger partial charge in [-0.2, -0.15) is 0 Å². The Bertz CT molecular complexity index is 176. The van der Waals surface area contributed by atoms with Crippen LogP contribution in [0.15, 0.2) is 0 Å². The lowest BCUT2D eigenvalue weighted by Gasteiger charge is -2.21. The molecule has 0 aliphatic heterocycles. The molecular weight excluding hydrogens is 204 g/mol. The van der Waals surface area contributed by atoms with Gasteiger partial charge in [0.05, 0.1) is 0 Å². The van der Waals surface area contributed by atoms with Gasteiger partial charge in [0.15, 0.2) is 0 Å². The van der Waals surface area contributed by atoms with E-state index in [0.717, 1.165) is 19.3 Å². The molecular formula is C12H28N2O2. The molecule has 1 unspecified atom stereocenters. The number of nitrogens with two attached hydrogens (primary N) is 1. The molecule has 0 fully saturated rings. The largest absolute Gasteiger partial charge is 0.444 e. The van der Waals surface area contributed by atoms with Crippen LogP contribution in [0.3, 0.4) is 0 Å². The molecule has 1 amide bonds. The van der Waals surface area contributed by atoms with E-state index < -0.39 is 5.60 Å². The van der Waals surface area contributed by atoms with Crippen LogP contribution in [0.1, 0.15) is 53.9 Å². The van der Waals surface area contributed by atoms with E-state index in [1.165, 1.54) is 7.05 Å². The molecule has 0 aromatic rings. The van der Waals surface area contributed by atoms with Crippen LogP contribution in [0, 0.1) is 0 Å². The number of amides is 1. The van der Waals surface area contributed by atoms with Gasteiger partial charge in [0.25, 0.3) is 0 Å². The Balaban J connectivity index is 0. The molecule has 0 saturated heterocycles.